The van der Waals surface area contributed by atoms with Crippen LogP contribution >= 0.6 is 0 Å². The second kappa shape index (κ2) is 5.38. The highest BCUT2D eigenvalue weighted by Crippen LogP contribution is 2.26. The third-order valence-corrected chi connectivity index (χ3v) is 3.23. The Morgan fingerprint density at radius 1 is 1.26 bits per heavy atom. The van der Waals surface area contributed by atoms with Crippen molar-refractivity contribution in [1.82, 2.24) is 20.2 Å². The Kier molecular flexibility index (Phi) is 3.83. The SMILES string of the molecule is Cc1ccc(N)cc1-c1nnnn1C(C)CC(C)C. The maximum absolute atomic E-state index is 5.86. The van der Waals surface area contributed by atoms with Crippen LogP contribution in [0.25, 0.3) is 11.4 Å². The van der Waals surface area contributed by atoms with Gasteiger partial charge in [-0.1, -0.05) is 19.9 Å². The van der Waals surface area contributed by atoms with Crippen LogP contribution in [0, 0.1) is 12.8 Å². The topological polar surface area (TPSA) is 69.6 Å². The summed E-state index contributed by atoms with van der Waals surface area (Å²) in [5.74, 6) is 1.40. The highest BCUT2D eigenvalue weighted by atomic mass is 15.5. The first kappa shape index (κ1) is 13.5. The van der Waals surface area contributed by atoms with Crippen molar-refractivity contribution in [2.45, 2.75) is 40.2 Å². The first-order valence-electron chi connectivity index (χ1n) is 6.63. The normalized spacial score (nSPS) is 12.9. The molecule has 0 aliphatic heterocycles. The Labute approximate surface area is 113 Å². The average Bonchev–Trinajstić information content (AvgIpc) is 2.80. The number of nitrogen functional groups attached to an aromatic ring is 1. The highest BCUT2D eigenvalue weighted by Gasteiger charge is 2.17. The number of aryl methyl sites for hydroxylation is 1. The molecule has 0 radical (unpaired) electrons. The molecule has 102 valence electrons. The molecule has 5 nitrogen and oxygen atoms in total. The molecule has 19 heavy (non-hydrogen) atoms. The lowest BCUT2D eigenvalue weighted by molar-refractivity contribution is 0.394. The fourth-order valence-electron chi connectivity index (χ4n) is 2.33. The van der Waals surface area contributed by atoms with Crippen LogP contribution in [0.2, 0.25) is 0 Å². The number of tetrazole rings is 1. The lowest BCUT2D eigenvalue weighted by Crippen LogP contribution is -2.12. The van der Waals surface area contributed by atoms with E-state index in [-0.39, 0.29) is 6.04 Å². The van der Waals surface area contributed by atoms with E-state index in [9.17, 15) is 0 Å². The molecule has 0 aliphatic carbocycles. The zero-order valence-electron chi connectivity index (χ0n) is 12.0. The molecule has 0 amide bonds. The highest BCUT2D eigenvalue weighted by molar-refractivity contribution is 5.65. The van der Waals surface area contributed by atoms with Gasteiger partial charge in [-0.25, -0.2) is 4.68 Å². The van der Waals surface area contributed by atoms with E-state index in [1.165, 1.54) is 0 Å². The first-order chi connectivity index (χ1) is 8.99. The Bertz CT molecular complexity index is 559. The van der Waals surface area contributed by atoms with Crippen LogP contribution in [0.15, 0.2) is 18.2 Å². The Balaban J connectivity index is 2.41. The summed E-state index contributed by atoms with van der Waals surface area (Å²) >= 11 is 0. The molecular weight excluding hydrogens is 238 g/mol. The van der Waals surface area contributed by atoms with E-state index in [2.05, 4.69) is 36.3 Å². The van der Waals surface area contributed by atoms with Gasteiger partial charge in [-0.05, 0) is 54.3 Å². The van der Waals surface area contributed by atoms with Gasteiger partial charge in [-0.3, -0.25) is 0 Å². The largest absolute Gasteiger partial charge is 0.399 e. The lowest BCUT2D eigenvalue weighted by atomic mass is 10.0. The molecule has 0 spiro atoms. The minimum Gasteiger partial charge on any atom is -0.399 e. The van der Waals surface area contributed by atoms with Gasteiger partial charge in [-0.2, -0.15) is 0 Å². The summed E-state index contributed by atoms with van der Waals surface area (Å²) in [5.41, 5.74) is 8.72. The van der Waals surface area contributed by atoms with Gasteiger partial charge in [0.05, 0.1) is 6.04 Å². The van der Waals surface area contributed by atoms with Crippen molar-refractivity contribution in [3.8, 4) is 11.4 Å². The van der Waals surface area contributed by atoms with E-state index in [0.717, 1.165) is 29.1 Å². The van der Waals surface area contributed by atoms with E-state index >= 15 is 0 Å². The van der Waals surface area contributed by atoms with E-state index in [1.54, 1.807) is 0 Å². The van der Waals surface area contributed by atoms with Gasteiger partial charge in [0, 0.05) is 11.3 Å². The fourth-order valence-corrected chi connectivity index (χ4v) is 2.33. The van der Waals surface area contributed by atoms with Gasteiger partial charge in [-0.15, -0.1) is 5.10 Å². The average molecular weight is 259 g/mol. The summed E-state index contributed by atoms with van der Waals surface area (Å²) in [7, 11) is 0. The van der Waals surface area contributed by atoms with Crippen molar-refractivity contribution in [3.05, 3.63) is 23.8 Å². The molecule has 0 saturated carbocycles. The maximum Gasteiger partial charge on any atom is 0.182 e. The molecule has 0 aliphatic rings. The Hall–Kier alpha value is -1.91. The van der Waals surface area contributed by atoms with E-state index in [1.807, 2.05) is 29.8 Å². The summed E-state index contributed by atoms with van der Waals surface area (Å²) in [6.45, 7) is 8.58. The molecule has 1 aromatic carbocycles. The number of nitrogens with two attached hydrogens (primary N) is 1. The Morgan fingerprint density at radius 2 is 2.00 bits per heavy atom. The standard InChI is InChI=1S/C14H21N5/c1-9(2)7-11(4)19-14(16-17-18-19)13-8-12(15)6-5-10(13)3/h5-6,8-9,11H,7,15H2,1-4H3. The number of hydrogen-bond acceptors (Lipinski definition) is 4. The van der Waals surface area contributed by atoms with Gasteiger partial charge >= 0.3 is 0 Å². The van der Waals surface area contributed by atoms with Crippen molar-refractivity contribution in [1.29, 1.82) is 0 Å². The number of rotatable bonds is 4. The molecule has 2 rings (SSSR count). The quantitative estimate of drug-likeness (QED) is 0.857. The van der Waals surface area contributed by atoms with Crippen molar-refractivity contribution >= 4 is 5.69 Å². The molecule has 1 unspecified atom stereocenters. The van der Waals surface area contributed by atoms with Crippen LogP contribution in [0.5, 0.6) is 0 Å². The molecular formula is C14H21N5. The third-order valence-electron chi connectivity index (χ3n) is 3.23. The number of benzene rings is 1. The summed E-state index contributed by atoms with van der Waals surface area (Å²) in [6, 6.07) is 6.09. The van der Waals surface area contributed by atoms with Crippen LogP contribution in [-0.2, 0) is 0 Å². The molecule has 2 aromatic rings. The summed E-state index contributed by atoms with van der Waals surface area (Å²) in [6.07, 6.45) is 1.04. The number of nitrogens with zero attached hydrogens (tertiary/aromatic N) is 4. The summed E-state index contributed by atoms with van der Waals surface area (Å²) in [4.78, 5) is 0. The molecule has 2 N–H and O–H groups in total. The van der Waals surface area contributed by atoms with Gasteiger partial charge in [0.1, 0.15) is 0 Å². The van der Waals surface area contributed by atoms with Crippen LogP contribution in [0.4, 0.5) is 5.69 Å². The molecule has 0 saturated heterocycles. The van der Waals surface area contributed by atoms with Crippen LogP contribution < -0.4 is 5.73 Å². The predicted molar refractivity (Wildman–Crippen MR) is 76.6 cm³/mol. The molecule has 5 heteroatoms. The van der Waals surface area contributed by atoms with Crippen molar-refractivity contribution in [3.63, 3.8) is 0 Å². The molecule has 1 atom stereocenters. The second-order valence-electron chi connectivity index (χ2n) is 5.50. The van der Waals surface area contributed by atoms with Crippen molar-refractivity contribution in [2.75, 3.05) is 5.73 Å². The molecule has 1 heterocycles. The van der Waals surface area contributed by atoms with E-state index < -0.39 is 0 Å². The first-order valence-corrected chi connectivity index (χ1v) is 6.63. The van der Waals surface area contributed by atoms with Gasteiger partial charge in [0.15, 0.2) is 5.82 Å². The Morgan fingerprint density at radius 3 is 2.68 bits per heavy atom. The van der Waals surface area contributed by atoms with Gasteiger partial charge in [0.25, 0.3) is 0 Å². The van der Waals surface area contributed by atoms with E-state index in [4.69, 9.17) is 5.73 Å². The predicted octanol–water partition coefficient (Wildman–Crippen LogP) is 2.84. The second-order valence-corrected chi connectivity index (χ2v) is 5.50. The third kappa shape index (κ3) is 2.92. The van der Waals surface area contributed by atoms with Crippen LogP contribution in [-0.4, -0.2) is 20.2 Å². The van der Waals surface area contributed by atoms with E-state index in [0.29, 0.717) is 5.92 Å². The summed E-state index contributed by atoms with van der Waals surface area (Å²) in [5, 5.41) is 12.1. The minimum atomic E-state index is 0.269. The number of hydrogen-bond donors (Lipinski definition) is 1. The smallest absolute Gasteiger partial charge is 0.182 e. The van der Waals surface area contributed by atoms with Crippen LogP contribution in [0.3, 0.4) is 0 Å². The van der Waals surface area contributed by atoms with Crippen molar-refractivity contribution in [2.24, 2.45) is 5.92 Å². The zero-order valence-corrected chi connectivity index (χ0v) is 12.0. The zero-order chi connectivity index (χ0) is 14.0. The maximum atomic E-state index is 5.86. The van der Waals surface area contributed by atoms with Crippen molar-refractivity contribution < 1.29 is 0 Å². The molecule has 0 bridgehead atoms. The monoisotopic (exact) mass is 259 g/mol. The lowest BCUT2D eigenvalue weighted by Gasteiger charge is -2.16. The summed E-state index contributed by atoms with van der Waals surface area (Å²) < 4.78 is 1.89. The molecule has 0 fully saturated rings. The van der Waals surface area contributed by atoms with Gasteiger partial charge in [0.2, 0.25) is 0 Å². The fraction of sp³-hybridized carbons (Fsp3) is 0.500. The minimum absolute atomic E-state index is 0.269. The number of anilines is 1. The van der Waals surface area contributed by atoms with Crippen LogP contribution in [0.1, 0.15) is 38.8 Å². The molecule has 1 aromatic heterocycles. The van der Waals surface area contributed by atoms with Gasteiger partial charge < -0.3 is 5.73 Å². The number of aromatic nitrogens is 4.